The minimum atomic E-state index is -1.49. The summed E-state index contributed by atoms with van der Waals surface area (Å²) in [5.41, 5.74) is 7.22. The maximum absolute atomic E-state index is 12.8. The first-order valence-electron chi connectivity index (χ1n) is 16.4. The number of aliphatic hydroxyl groups excluding tert-OH is 2. The molecule has 270 valence electrons. The first-order chi connectivity index (χ1) is 24.8. The summed E-state index contributed by atoms with van der Waals surface area (Å²) in [4.78, 5) is 49.8. The third-order valence-corrected chi connectivity index (χ3v) is 9.08. The summed E-state index contributed by atoms with van der Waals surface area (Å²) in [6, 6.07) is 18.9. The molecule has 0 spiro atoms. The van der Waals surface area contributed by atoms with Crippen molar-refractivity contribution in [1.29, 1.82) is 0 Å². The molecule has 0 radical (unpaired) electrons. The van der Waals surface area contributed by atoms with E-state index < -0.39 is 42.6 Å². The summed E-state index contributed by atoms with van der Waals surface area (Å²) < 4.78 is 22.8. The van der Waals surface area contributed by atoms with Crippen molar-refractivity contribution in [3.8, 4) is 33.9 Å². The number of carboxylic acid groups (broad SMARTS) is 1. The molecule has 0 saturated carbocycles. The van der Waals surface area contributed by atoms with Gasteiger partial charge in [-0.05, 0) is 60.0 Å². The quantitative estimate of drug-likeness (QED) is 0.111. The fourth-order valence-electron chi connectivity index (χ4n) is 6.35. The van der Waals surface area contributed by atoms with Crippen molar-refractivity contribution in [2.24, 2.45) is 11.7 Å². The molecule has 0 bridgehead atoms. The number of nitrogens with one attached hydrogen (secondary N) is 1. The number of aromatic carboxylic acids is 1. The van der Waals surface area contributed by atoms with Gasteiger partial charge in [-0.2, -0.15) is 0 Å². The highest BCUT2D eigenvalue weighted by Crippen LogP contribution is 2.42. The number of nitrogens with two attached hydrogens (primary N) is 1. The number of amides is 2. The average molecular weight is 713 g/mol. The topological polar surface area (TPSA) is 228 Å². The van der Waals surface area contributed by atoms with Crippen LogP contribution in [0.4, 0.5) is 4.79 Å². The number of ether oxygens (including phenoxy) is 3. The van der Waals surface area contributed by atoms with Gasteiger partial charge < -0.3 is 50.1 Å². The van der Waals surface area contributed by atoms with Crippen LogP contribution in [0.5, 0.6) is 11.5 Å². The zero-order valence-electron chi connectivity index (χ0n) is 28.0. The Labute approximate surface area is 296 Å². The SMILES string of the molecule is CCC1O[C@@H](Oc2ccc(C(OC(=O)NCc3ccc(-c4c5ccc(=O)cc-5oc5cc(O)ccc45)c(C(=O)O)c3)C(N)=O)cc2)C(O)C(O)[C@H]1C. The van der Waals surface area contributed by atoms with Crippen LogP contribution in [0.25, 0.3) is 33.4 Å². The zero-order valence-corrected chi connectivity index (χ0v) is 28.0. The zero-order chi connectivity index (χ0) is 37.3. The van der Waals surface area contributed by atoms with Gasteiger partial charge in [0.25, 0.3) is 5.91 Å². The van der Waals surface area contributed by atoms with E-state index in [1.54, 1.807) is 31.2 Å². The van der Waals surface area contributed by atoms with Crippen molar-refractivity contribution in [3.05, 3.63) is 106 Å². The van der Waals surface area contributed by atoms with E-state index in [0.717, 1.165) is 0 Å². The second-order valence-corrected chi connectivity index (χ2v) is 12.5. The van der Waals surface area contributed by atoms with Gasteiger partial charge in [-0.25, -0.2) is 9.59 Å². The smallest absolute Gasteiger partial charge is 0.408 e. The van der Waals surface area contributed by atoms with Crippen molar-refractivity contribution in [3.63, 3.8) is 0 Å². The number of phenolic OH excluding ortho intramolecular Hbond substituents is 1. The Morgan fingerprint density at radius 2 is 1.67 bits per heavy atom. The van der Waals surface area contributed by atoms with Gasteiger partial charge in [-0.1, -0.05) is 38.1 Å². The number of benzene rings is 4. The molecule has 4 unspecified atom stereocenters. The lowest BCUT2D eigenvalue weighted by Gasteiger charge is -2.41. The summed E-state index contributed by atoms with van der Waals surface area (Å²) in [6.07, 6.45) is -5.69. The van der Waals surface area contributed by atoms with E-state index in [2.05, 4.69) is 5.32 Å². The average Bonchev–Trinajstić information content (AvgIpc) is 3.12. The fourth-order valence-corrected chi connectivity index (χ4v) is 6.35. The van der Waals surface area contributed by atoms with Crippen LogP contribution < -0.4 is 21.2 Å². The Balaban J connectivity index is 1.17. The first kappa shape index (κ1) is 35.9. The molecule has 2 aliphatic heterocycles. The molecule has 1 fully saturated rings. The standard InChI is InChI=1S/C38H36N2O12/c1-3-28-18(2)32(43)33(44)37(51-28)49-23-9-5-20(6-10-23)34(35(39)45)52-38(48)40-17-19-4-11-24(27(14-19)36(46)47)31-25-12-7-21(41)15-29(25)50-30-16-22(42)8-13-26(30)31/h4-16,18,28,32-34,37,41,43-44H,3,17H2,1-2H3,(H2,39,45)(H,40,48)(H,46,47)/t18-,28?,32?,33?,34?,37+/m0/s1. The van der Waals surface area contributed by atoms with Gasteiger partial charge in [0, 0.05) is 46.7 Å². The second-order valence-electron chi connectivity index (χ2n) is 12.5. The number of rotatable bonds is 10. The molecule has 6 atom stereocenters. The molecule has 3 aromatic rings. The molecule has 1 saturated heterocycles. The molecule has 2 amide bonds. The number of aromatic hydroxyl groups is 1. The number of carbonyl (C=O) groups excluding carboxylic acids is 2. The molecule has 6 rings (SSSR count). The van der Waals surface area contributed by atoms with Gasteiger partial charge in [-0.3, -0.25) is 9.59 Å². The second kappa shape index (κ2) is 14.7. The third kappa shape index (κ3) is 7.26. The Morgan fingerprint density at radius 3 is 2.37 bits per heavy atom. The number of hydrogen-bond acceptors (Lipinski definition) is 11. The van der Waals surface area contributed by atoms with Gasteiger partial charge in [0.05, 0.1) is 17.8 Å². The van der Waals surface area contributed by atoms with Crippen molar-refractivity contribution >= 4 is 28.9 Å². The lowest BCUT2D eigenvalue weighted by Crippen LogP contribution is -2.55. The molecular weight excluding hydrogens is 676 g/mol. The highest BCUT2D eigenvalue weighted by Gasteiger charge is 2.42. The van der Waals surface area contributed by atoms with Crippen LogP contribution in [0.3, 0.4) is 0 Å². The molecule has 3 aliphatic rings. The van der Waals surface area contributed by atoms with Crippen LogP contribution in [0, 0.1) is 5.92 Å². The molecule has 14 heteroatoms. The number of alkyl carbamates (subject to hydrolysis) is 1. The summed E-state index contributed by atoms with van der Waals surface area (Å²) in [5, 5.41) is 44.1. The maximum atomic E-state index is 12.8. The molecule has 7 N–H and O–H groups in total. The highest BCUT2D eigenvalue weighted by molar-refractivity contribution is 6.07. The predicted molar refractivity (Wildman–Crippen MR) is 186 cm³/mol. The number of phenols is 1. The Hall–Kier alpha value is -5.96. The lowest BCUT2D eigenvalue weighted by molar-refractivity contribution is -0.255. The Morgan fingerprint density at radius 1 is 0.942 bits per heavy atom. The summed E-state index contributed by atoms with van der Waals surface area (Å²) >= 11 is 0. The highest BCUT2D eigenvalue weighted by atomic mass is 16.7. The predicted octanol–water partition coefficient (Wildman–Crippen LogP) is 4.29. The number of aliphatic hydroxyl groups is 2. The van der Waals surface area contributed by atoms with Crippen LogP contribution in [-0.2, 0) is 20.8 Å². The van der Waals surface area contributed by atoms with E-state index in [1.807, 2.05) is 6.92 Å². The van der Waals surface area contributed by atoms with Gasteiger partial charge in [0.1, 0.15) is 28.9 Å². The van der Waals surface area contributed by atoms with Crippen molar-refractivity contribution < 1.29 is 53.4 Å². The normalized spacial score (nSPS) is 20.7. The van der Waals surface area contributed by atoms with E-state index in [-0.39, 0.29) is 58.0 Å². The monoisotopic (exact) mass is 712 g/mol. The van der Waals surface area contributed by atoms with Crippen LogP contribution >= 0.6 is 0 Å². The van der Waals surface area contributed by atoms with Crippen LogP contribution in [0.2, 0.25) is 0 Å². The minimum Gasteiger partial charge on any atom is -0.508 e. The van der Waals surface area contributed by atoms with Gasteiger partial charge in [0.2, 0.25) is 12.4 Å². The molecule has 3 aromatic carbocycles. The maximum Gasteiger partial charge on any atom is 0.408 e. The van der Waals surface area contributed by atoms with E-state index in [1.165, 1.54) is 54.6 Å². The lowest BCUT2D eigenvalue weighted by atomic mass is 9.89. The van der Waals surface area contributed by atoms with E-state index in [9.17, 15) is 39.6 Å². The van der Waals surface area contributed by atoms with Crippen LogP contribution in [0.15, 0.2) is 88.1 Å². The summed E-state index contributed by atoms with van der Waals surface area (Å²) in [6.45, 7) is 3.50. The van der Waals surface area contributed by atoms with Crippen molar-refractivity contribution in [2.45, 2.75) is 57.5 Å². The van der Waals surface area contributed by atoms with Gasteiger partial charge in [0.15, 0.2) is 5.43 Å². The van der Waals surface area contributed by atoms with E-state index >= 15 is 0 Å². The number of hydrogen-bond donors (Lipinski definition) is 6. The molecule has 0 aromatic heterocycles. The Kier molecular flexibility index (Phi) is 10.1. The third-order valence-electron chi connectivity index (χ3n) is 9.08. The van der Waals surface area contributed by atoms with E-state index in [4.69, 9.17) is 24.4 Å². The number of carbonyl (C=O) groups is 3. The molecule has 14 nitrogen and oxygen atoms in total. The Bertz CT molecular complexity index is 2160. The molecule has 1 aliphatic carbocycles. The van der Waals surface area contributed by atoms with E-state index in [0.29, 0.717) is 34.1 Å². The largest absolute Gasteiger partial charge is 0.508 e. The molecule has 2 heterocycles. The summed E-state index contributed by atoms with van der Waals surface area (Å²) in [7, 11) is 0. The summed E-state index contributed by atoms with van der Waals surface area (Å²) in [5.74, 6) is -2.13. The van der Waals surface area contributed by atoms with Crippen LogP contribution in [0.1, 0.15) is 47.9 Å². The number of carboxylic acids is 1. The fraction of sp³-hybridized carbons (Fsp3) is 0.263. The molecule has 52 heavy (non-hydrogen) atoms. The van der Waals surface area contributed by atoms with Crippen molar-refractivity contribution in [1.82, 2.24) is 5.32 Å². The van der Waals surface area contributed by atoms with Gasteiger partial charge in [-0.15, -0.1) is 0 Å². The number of fused-ring (bicyclic) bond motifs is 2. The van der Waals surface area contributed by atoms with Gasteiger partial charge >= 0.3 is 12.1 Å². The van der Waals surface area contributed by atoms with Crippen LogP contribution in [-0.4, -0.2) is 63.0 Å². The first-order valence-corrected chi connectivity index (χ1v) is 16.4. The molecular formula is C38H36N2O12. The number of primary amides is 1. The van der Waals surface area contributed by atoms with Crippen molar-refractivity contribution in [2.75, 3.05) is 0 Å². The minimum absolute atomic E-state index is 0.0805.